The van der Waals surface area contributed by atoms with Gasteiger partial charge in [0.25, 0.3) is 5.69 Å². The highest BCUT2D eigenvalue weighted by atomic mass is 16.7. The summed E-state index contributed by atoms with van der Waals surface area (Å²) in [6.45, 7) is 0.0187. The van der Waals surface area contributed by atoms with Gasteiger partial charge in [-0.15, -0.1) is 0 Å². The van der Waals surface area contributed by atoms with Gasteiger partial charge in [-0.25, -0.2) is 9.78 Å². The van der Waals surface area contributed by atoms with Crippen molar-refractivity contribution in [1.29, 1.82) is 0 Å². The van der Waals surface area contributed by atoms with Gasteiger partial charge in [-0.3, -0.25) is 10.1 Å². The van der Waals surface area contributed by atoms with Gasteiger partial charge in [-0.1, -0.05) is 18.2 Å². The normalized spacial score (nSPS) is 15.9. The van der Waals surface area contributed by atoms with Crippen molar-refractivity contribution in [2.75, 3.05) is 6.79 Å². The summed E-state index contributed by atoms with van der Waals surface area (Å²) >= 11 is 0. The maximum Gasteiger partial charge on any atom is 0.336 e. The van der Waals surface area contributed by atoms with Crippen LogP contribution < -0.4 is 9.47 Å². The molecule has 2 aliphatic rings. The number of ether oxygens (including phenoxy) is 2. The van der Waals surface area contributed by atoms with Gasteiger partial charge >= 0.3 is 5.97 Å². The van der Waals surface area contributed by atoms with Crippen LogP contribution in [-0.2, 0) is 6.42 Å². The Morgan fingerprint density at radius 3 is 2.70 bits per heavy atom. The smallest absolute Gasteiger partial charge is 0.336 e. The number of allylic oxidation sites excluding steroid dienone is 1. The monoisotopic (exact) mass is 404 g/mol. The van der Waals surface area contributed by atoms with E-state index >= 15 is 0 Å². The fraction of sp³-hybridized carbons (Fsp3) is 0.182. The Kier molecular flexibility index (Phi) is 4.13. The lowest BCUT2D eigenvalue weighted by Gasteiger charge is -2.21. The minimum absolute atomic E-state index is 0.0187. The minimum Gasteiger partial charge on any atom is -0.478 e. The minimum atomic E-state index is -1.000. The van der Waals surface area contributed by atoms with Crippen LogP contribution in [0.15, 0.2) is 36.4 Å². The Morgan fingerprint density at radius 1 is 1.17 bits per heavy atom. The second-order valence-electron chi connectivity index (χ2n) is 7.18. The zero-order valence-corrected chi connectivity index (χ0v) is 15.8. The van der Waals surface area contributed by atoms with Gasteiger partial charge in [0.15, 0.2) is 11.5 Å². The third-order valence-electron chi connectivity index (χ3n) is 5.43. The average molecular weight is 404 g/mol. The molecule has 30 heavy (non-hydrogen) atoms. The number of carbonyl (C=O) groups is 1. The third-order valence-corrected chi connectivity index (χ3v) is 5.43. The summed E-state index contributed by atoms with van der Waals surface area (Å²) in [6, 6.07) is 10.1. The van der Waals surface area contributed by atoms with Crippen LogP contribution in [0.5, 0.6) is 11.5 Å². The second kappa shape index (κ2) is 6.84. The number of para-hydroxylation sites is 1. The van der Waals surface area contributed by atoms with Gasteiger partial charge in [0.1, 0.15) is 0 Å². The van der Waals surface area contributed by atoms with E-state index in [-0.39, 0.29) is 18.0 Å². The predicted octanol–water partition coefficient (Wildman–Crippen LogP) is 4.45. The Bertz CT molecular complexity index is 1260. The average Bonchev–Trinajstić information content (AvgIpc) is 3.19. The van der Waals surface area contributed by atoms with Crippen LogP contribution in [0.1, 0.15) is 40.0 Å². The van der Waals surface area contributed by atoms with Crippen LogP contribution in [0, 0.1) is 10.1 Å². The number of aromatic nitrogens is 1. The topological polar surface area (TPSA) is 112 Å². The van der Waals surface area contributed by atoms with Crippen LogP contribution in [0.4, 0.5) is 5.69 Å². The molecule has 3 aromatic rings. The number of hydrogen-bond acceptors (Lipinski definition) is 6. The van der Waals surface area contributed by atoms with Crippen molar-refractivity contribution in [3.8, 4) is 11.5 Å². The highest BCUT2D eigenvalue weighted by molar-refractivity contribution is 6.06. The molecule has 0 radical (unpaired) electrons. The number of carboxylic acid groups (broad SMARTS) is 1. The Labute approximate surface area is 170 Å². The molecule has 150 valence electrons. The molecule has 8 nitrogen and oxygen atoms in total. The summed E-state index contributed by atoms with van der Waals surface area (Å²) in [7, 11) is 0. The molecule has 1 aliphatic heterocycles. The van der Waals surface area contributed by atoms with Crippen LogP contribution in [0.3, 0.4) is 0 Å². The molecule has 1 aliphatic carbocycles. The highest BCUT2D eigenvalue weighted by Crippen LogP contribution is 2.41. The zero-order valence-electron chi connectivity index (χ0n) is 15.8. The van der Waals surface area contributed by atoms with E-state index in [1.165, 1.54) is 6.07 Å². The maximum atomic E-state index is 12.1. The van der Waals surface area contributed by atoms with Crippen LogP contribution in [-0.4, -0.2) is 27.8 Å². The molecule has 0 amide bonds. The van der Waals surface area contributed by atoms with Crippen molar-refractivity contribution in [2.24, 2.45) is 0 Å². The van der Waals surface area contributed by atoms with E-state index in [0.717, 1.165) is 12.0 Å². The van der Waals surface area contributed by atoms with E-state index in [1.807, 2.05) is 6.07 Å². The first-order chi connectivity index (χ1) is 14.5. The molecular weight excluding hydrogens is 388 g/mol. The van der Waals surface area contributed by atoms with Gasteiger partial charge in [-0.2, -0.15) is 0 Å². The Balaban J connectivity index is 1.74. The molecular formula is C22H16N2O6. The molecule has 5 rings (SSSR count). The van der Waals surface area contributed by atoms with E-state index in [4.69, 9.17) is 14.5 Å². The molecule has 0 unspecified atom stereocenters. The number of fused-ring (bicyclic) bond motifs is 3. The van der Waals surface area contributed by atoms with Crippen molar-refractivity contribution in [2.45, 2.75) is 19.3 Å². The summed E-state index contributed by atoms with van der Waals surface area (Å²) in [5.41, 5.74) is 3.14. The number of aromatic carboxylic acids is 1. The lowest BCUT2D eigenvalue weighted by Crippen LogP contribution is -2.13. The summed E-state index contributed by atoms with van der Waals surface area (Å²) in [6.07, 6.45) is 3.68. The molecule has 2 aromatic carbocycles. The van der Waals surface area contributed by atoms with Crippen molar-refractivity contribution in [1.82, 2.24) is 4.98 Å². The summed E-state index contributed by atoms with van der Waals surface area (Å²) in [5.74, 6) is -0.216. The van der Waals surface area contributed by atoms with E-state index in [9.17, 15) is 20.0 Å². The first kappa shape index (κ1) is 18.1. The first-order valence-corrected chi connectivity index (χ1v) is 9.47. The van der Waals surface area contributed by atoms with Crippen LogP contribution in [0.2, 0.25) is 0 Å². The largest absolute Gasteiger partial charge is 0.478 e. The number of nitrogens with zero attached hydrogens (tertiary/aromatic N) is 2. The fourth-order valence-corrected chi connectivity index (χ4v) is 4.13. The second-order valence-corrected chi connectivity index (χ2v) is 7.18. The molecule has 0 atom stereocenters. The zero-order chi connectivity index (χ0) is 20.8. The highest BCUT2D eigenvalue weighted by Gasteiger charge is 2.27. The fourth-order valence-electron chi connectivity index (χ4n) is 4.13. The van der Waals surface area contributed by atoms with E-state index in [1.54, 1.807) is 30.3 Å². The summed E-state index contributed by atoms with van der Waals surface area (Å²) in [4.78, 5) is 27.9. The summed E-state index contributed by atoms with van der Waals surface area (Å²) < 4.78 is 10.6. The van der Waals surface area contributed by atoms with Crippen LogP contribution in [0.25, 0.3) is 22.6 Å². The lowest BCUT2D eigenvalue weighted by molar-refractivity contribution is -0.385. The van der Waals surface area contributed by atoms with Crippen molar-refractivity contribution < 1.29 is 24.3 Å². The number of nitro benzene ring substituents is 1. The number of carboxylic acids is 1. The van der Waals surface area contributed by atoms with Gasteiger partial charge in [0, 0.05) is 5.39 Å². The molecule has 0 saturated heterocycles. The number of hydrogen-bond donors (Lipinski definition) is 1. The molecule has 1 N–H and O–H groups in total. The Hall–Kier alpha value is -3.94. The van der Waals surface area contributed by atoms with E-state index in [2.05, 4.69) is 0 Å². The van der Waals surface area contributed by atoms with Gasteiger partial charge in [0.2, 0.25) is 6.79 Å². The van der Waals surface area contributed by atoms with E-state index < -0.39 is 10.9 Å². The van der Waals surface area contributed by atoms with Crippen molar-refractivity contribution in [3.63, 3.8) is 0 Å². The maximum absolute atomic E-state index is 12.1. The first-order valence-electron chi connectivity index (χ1n) is 9.47. The van der Waals surface area contributed by atoms with Gasteiger partial charge < -0.3 is 14.6 Å². The molecule has 0 fully saturated rings. The van der Waals surface area contributed by atoms with Gasteiger partial charge in [0.05, 0.1) is 33.3 Å². The molecule has 0 saturated carbocycles. The van der Waals surface area contributed by atoms with Crippen molar-refractivity contribution in [3.05, 3.63) is 68.9 Å². The summed E-state index contributed by atoms with van der Waals surface area (Å²) in [5, 5.41) is 22.1. The van der Waals surface area contributed by atoms with Crippen LogP contribution >= 0.6 is 0 Å². The third kappa shape index (κ3) is 2.85. The quantitative estimate of drug-likeness (QED) is 0.507. The molecule has 2 heterocycles. The molecule has 0 bridgehead atoms. The number of rotatable bonds is 3. The molecule has 0 spiro atoms. The molecule has 1 aromatic heterocycles. The van der Waals surface area contributed by atoms with E-state index in [0.29, 0.717) is 52.1 Å². The standard InChI is InChI=1S/C22H16N2O6/c25-22(26)20-14-5-1-2-7-16(14)23-21-12(4-3-6-15(20)21)8-13-9-18-19(30-11-29-18)10-17(13)24(27)28/h1-2,5,7-10H,3-4,6,11H2,(H,25,26)/b12-8+. The van der Waals surface area contributed by atoms with Gasteiger partial charge in [-0.05, 0) is 48.6 Å². The molecule has 8 heteroatoms. The number of pyridine rings is 1. The number of nitro groups is 1. The number of benzene rings is 2. The Morgan fingerprint density at radius 2 is 1.93 bits per heavy atom. The lowest BCUT2D eigenvalue weighted by atomic mass is 9.86. The predicted molar refractivity (Wildman–Crippen MR) is 109 cm³/mol. The SMILES string of the molecule is O=C(O)c1c2c(nc3ccccc13)/C(=C/c1cc3c(cc1[N+](=O)[O-])OCO3)CCC2. The van der Waals surface area contributed by atoms with Crippen molar-refractivity contribution >= 4 is 34.2 Å².